The van der Waals surface area contributed by atoms with Crippen molar-refractivity contribution in [2.75, 3.05) is 13.1 Å². The average molecular weight is 251 g/mol. The number of allylic oxidation sites excluding steroid dienone is 2. The molecule has 0 aromatic rings. The van der Waals surface area contributed by atoms with Crippen molar-refractivity contribution in [1.29, 1.82) is 0 Å². The summed E-state index contributed by atoms with van der Waals surface area (Å²) in [5.41, 5.74) is 0. The Morgan fingerprint density at radius 1 is 1.17 bits per heavy atom. The van der Waals surface area contributed by atoms with Crippen LogP contribution in [-0.2, 0) is 9.59 Å². The van der Waals surface area contributed by atoms with E-state index in [9.17, 15) is 19.8 Å². The van der Waals surface area contributed by atoms with Crippen LogP contribution in [0.2, 0.25) is 0 Å². The summed E-state index contributed by atoms with van der Waals surface area (Å²) in [5, 5.41) is 18.8. The molecule has 2 fully saturated rings. The molecule has 98 valence electrons. The van der Waals surface area contributed by atoms with Gasteiger partial charge in [-0.1, -0.05) is 12.2 Å². The van der Waals surface area contributed by atoms with Gasteiger partial charge in [0.2, 0.25) is 5.91 Å². The number of aliphatic hydroxyl groups is 1. The molecule has 3 rings (SSSR count). The largest absolute Gasteiger partial charge is 0.481 e. The number of rotatable bonds is 2. The highest BCUT2D eigenvalue weighted by Gasteiger charge is 2.52. The van der Waals surface area contributed by atoms with Crippen molar-refractivity contribution in [1.82, 2.24) is 4.90 Å². The summed E-state index contributed by atoms with van der Waals surface area (Å²) < 4.78 is 0. The molecular formula is C13H17NO4. The van der Waals surface area contributed by atoms with E-state index in [-0.39, 0.29) is 17.7 Å². The monoisotopic (exact) mass is 251 g/mol. The number of carboxylic acids is 1. The molecule has 1 saturated carbocycles. The lowest BCUT2D eigenvalue weighted by Crippen LogP contribution is -2.42. The van der Waals surface area contributed by atoms with Crippen LogP contribution < -0.4 is 0 Å². The van der Waals surface area contributed by atoms with Crippen molar-refractivity contribution in [2.24, 2.45) is 23.7 Å². The molecule has 0 radical (unpaired) electrons. The van der Waals surface area contributed by atoms with Crippen molar-refractivity contribution >= 4 is 11.9 Å². The van der Waals surface area contributed by atoms with E-state index in [0.717, 1.165) is 6.42 Å². The van der Waals surface area contributed by atoms with Crippen LogP contribution in [0.15, 0.2) is 12.2 Å². The number of β-amino-alcohol motifs (C(OH)–C–C–N with tert-alkyl or cyclic N) is 1. The number of amides is 1. The summed E-state index contributed by atoms with van der Waals surface area (Å²) in [6, 6.07) is 0. The number of fused-ring (bicyclic) bond motifs is 2. The number of carbonyl (C=O) groups excluding carboxylic acids is 1. The topological polar surface area (TPSA) is 77.8 Å². The molecule has 3 aliphatic rings. The predicted octanol–water partition coefficient (Wildman–Crippen LogP) is 0.102. The highest BCUT2D eigenvalue weighted by atomic mass is 16.4. The van der Waals surface area contributed by atoms with E-state index >= 15 is 0 Å². The zero-order valence-corrected chi connectivity index (χ0v) is 10.0. The van der Waals surface area contributed by atoms with Gasteiger partial charge >= 0.3 is 5.97 Å². The van der Waals surface area contributed by atoms with Crippen molar-refractivity contribution in [3.8, 4) is 0 Å². The van der Waals surface area contributed by atoms with Crippen molar-refractivity contribution in [3.63, 3.8) is 0 Å². The number of hydrogen-bond donors (Lipinski definition) is 2. The van der Waals surface area contributed by atoms with Gasteiger partial charge in [-0.25, -0.2) is 0 Å². The second-order valence-electron chi connectivity index (χ2n) is 5.56. The number of carbonyl (C=O) groups is 2. The maximum Gasteiger partial charge on any atom is 0.307 e. The van der Waals surface area contributed by atoms with Crippen molar-refractivity contribution in [2.45, 2.75) is 18.9 Å². The van der Waals surface area contributed by atoms with Gasteiger partial charge in [0, 0.05) is 13.1 Å². The summed E-state index contributed by atoms with van der Waals surface area (Å²) >= 11 is 0. The first-order valence-corrected chi connectivity index (χ1v) is 6.46. The fourth-order valence-electron chi connectivity index (χ4n) is 3.65. The molecule has 0 aromatic carbocycles. The molecule has 1 heterocycles. The van der Waals surface area contributed by atoms with E-state index < -0.39 is 23.9 Å². The maximum atomic E-state index is 12.4. The Kier molecular flexibility index (Phi) is 2.66. The summed E-state index contributed by atoms with van der Waals surface area (Å²) in [6.07, 6.45) is 4.85. The molecule has 2 aliphatic carbocycles. The van der Waals surface area contributed by atoms with Crippen LogP contribution in [0, 0.1) is 23.7 Å². The third-order valence-electron chi connectivity index (χ3n) is 4.50. The van der Waals surface area contributed by atoms with Crippen LogP contribution in [0.5, 0.6) is 0 Å². The van der Waals surface area contributed by atoms with Gasteiger partial charge < -0.3 is 15.1 Å². The van der Waals surface area contributed by atoms with E-state index in [1.54, 1.807) is 4.90 Å². The molecule has 1 aliphatic heterocycles. The number of nitrogens with zero attached hydrogens (tertiary/aromatic N) is 1. The van der Waals surface area contributed by atoms with Crippen LogP contribution in [0.3, 0.4) is 0 Å². The predicted molar refractivity (Wildman–Crippen MR) is 62.6 cm³/mol. The smallest absolute Gasteiger partial charge is 0.307 e. The van der Waals surface area contributed by atoms with Crippen LogP contribution >= 0.6 is 0 Å². The Balaban J connectivity index is 1.80. The zero-order chi connectivity index (χ0) is 12.9. The minimum absolute atomic E-state index is 0.00831. The van der Waals surface area contributed by atoms with E-state index in [2.05, 4.69) is 0 Å². The van der Waals surface area contributed by atoms with Gasteiger partial charge in [0.1, 0.15) is 0 Å². The zero-order valence-electron chi connectivity index (χ0n) is 10.0. The molecule has 0 spiro atoms. The Labute approximate surface area is 105 Å². The first kappa shape index (κ1) is 11.7. The van der Waals surface area contributed by atoms with Crippen molar-refractivity contribution in [3.05, 3.63) is 12.2 Å². The lowest BCUT2D eigenvalue weighted by molar-refractivity contribution is -0.150. The quantitative estimate of drug-likeness (QED) is 0.682. The second-order valence-corrected chi connectivity index (χ2v) is 5.56. The lowest BCUT2D eigenvalue weighted by atomic mass is 9.82. The molecule has 0 aromatic heterocycles. The summed E-state index contributed by atoms with van der Waals surface area (Å²) in [7, 11) is 0. The number of aliphatic hydroxyl groups excluding tert-OH is 1. The Bertz CT molecular complexity index is 419. The van der Waals surface area contributed by atoms with Gasteiger partial charge in [0.15, 0.2) is 0 Å². The van der Waals surface area contributed by atoms with Gasteiger partial charge in [-0.3, -0.25) is 9.59 Å². The minimum atomic E-state index is -0.870. The first-order valence-electron chi connectivity index (χ1n) is 6.46. The van der Waals surface area contributed by atoms with E-state index in [1.165, 1.54) is 0 Å². The van der Waals surface area contributed by atoms with Crippen LogP contribution in [0.1, 0.15) is 12.8 Å². The molecule has 2 unspecified atom stereocenters. The summed E-state index contributed by atoms with van der Waals surface area (Å²) in [5.74, 6) is -1.89. The van der Waals surface area contributed by atoms with Crippen molar-refractivity contribution < 1.29 is 19.8 Å². The molecular weight excluding hydrogens is 234 g/mol. The minimum Gasteiger partial charge on any atom is -0.481 e. The number of aliphatic carboxylic acids is 1. The van der Waals surface area contributed by atoms with Crippen LogP contribution in [0.25, 0.3) is 0 Å². The van der Waals surface area contributed by atoms with Gasteiger partial charge in [0.05, 0.1) is 17.9 Å². The Morgan fingerprint density at radius 2 is 1.83 bits per heavy atom. The molecule has 2 N–H and O–H groups in total. The SMILES string of the molecule is O=C(O)[C@@H]1C2C=CC(C2)[C@@H]1C(=O)N1CC[C@H](O)C1. The molecule has 5 heteroatoms. The fraction of sp³-hybridized carbons (Fsp3) is 0.692. The molecule has 18 heavy (non-hydrogen) atoms. The maximum absolute atomic E-state index is 12.4. The van der Waals surface area contributed by atoms with E-state index in [1.807, 2.05) is 12.2 Å². The molecule has 2 bridgehead atoms. The number of carboxylic acid groups (broad SMARTS) is 1. The Hall–Kier alpha value is -1.36. The second kappa shape index (κ2) is 4.09. The highest BCUT2D eigenvalue weighted by molar-refractivity contribution is 5.87. The number of likely N-dealkylation sites (tertiary alicyclic amines) is 1. The van der Waals surface area contributed by atoms with Crippen LogP contribution in [0.4, 0.5) is 0 Å². The third-order valence-corrected chi connectivity index (χ3v) is 4.50. The molecule has 5 nitrogen and oxygen atoms in total. The lowest BCUT2D eigenvalue weighted by Gasteiger charge is -2.28. The summed E-state index contributed by atoms with van der Waals surface area (Å²) in [4.78, 5) is 25.4. The molecule has 1 amide bonds. The molecule has 5 atom stereocenters. The first-order chi connectivity index (χ1) is 8.58. The highest BCUT2D eigenvalue weighted by Crippen LogP contribution is 2.48. The van der Waals surface area contributed by atoms with Gasteiger partial charge in [-0.05, 0) is 24.7 Å². The van der Waals surface area contributed by atoms with Gasteiger partial charge in [0.25, 0.3) is 0 Å². The average Bonchev–Trinajstić information content (AvgIpc) is 3.01. The Morgan fingerprint density at radius 3 is 2.39 bits per heavy atom. The fourth-order valence-corrected chi connectivity index (χ4v) is 3.65. The van der Waals surface area contributed by atoms with Gasteiger partial charge in [-0.2, -0.15) is 0 Å². The van der Waals surface area contributed by atoms with Crippen LogP contribution in [-0.4, -0.2) is 46.2 Å². The normalized spacial score (nSPS) is 41.6. The third kappa shape index (κ3) is 1.65. The van der Waals surface area contributed by atoms with Gasteiger partial charge in [-0.15, -0.1) is 0 Å². The van der Waals surface area contributed by atoms with E-state index in [4.69, 9.17) is 0 Å². The molecule has 1 saturated heterocycles. The number of hydrogen-bond acceptors (Lipinski definition) is 3. The standard InChI is InChI=1S/C13H17NO4/c15-9-3-4-14(6-9)12(16)10-7-1-2-8(5-7)11(10)13(17)18/h1-2,7-11,15H,3-6H2,(H,17,18)/t7?,8?,9-,10-,11+/m0/s1. The van der Waals surface area contributed by atoms with E-state index in [0.29, 0.717) is 19.5 Å². The summed E-state index contributed by atoms with van der Waals surface area (Å²) in [6.45, 7) is 0.896.